The predicted molar refractivity (Wildman–Crippen MR) is 76.4 cm³/mol. The number of hydrogen-bond donors (Lipinski definition) is 1. The molecule has 0 aliphatic carbocycles. The maximum absolute atomic E-state index is 13.0. The van der Waals surface area contributed by atoms with Crippen LogP contribution >= 0.6 is 0 Å². The Kier molecular flexibility index (Phi) is 4.83. The molecule has 0 spiro atoms. The fourth-order valence-electron chi connectivity index (χ4n) is 1.67. The first-order chi connectivity index (χ1) is 10.5. The molecule has 0 atom stereocenters. The van der Waals surface area contributed by atoms with Gasteiger partial charge in [-0.05, 0) is 37.3 Å². The minimum absolute atomic E-state index is 0.165. The van der Waals surface area contributed by atoms with Gasteiger partial charge >= 0.3 is 5.97 Å². The summed E-state index contributed by atoms with van der Waals surface area (Å²) in [6.45, 7) is 1.39. The Morgan fingerprint density at radius 1 is 1.05 bits per heavy atom. The molecule has 0 bridgehead atoms. The van der Waals surface area contributed by atoms with Crippen molar-refractivity contribution in [1.29, 1.82) is 0 Å². The van der Waals surface area contributed by atoms with Crippen LogP contribution in [0.3, 0.4) is 0 Å². The van der Waals surface area contributed by atoms with Crippen LogP contribution in [0, 0.1) is 18.6 Å². The van der Waals surface area contributed by atoms with Crippen LogP contribution in [-0.2, 0) is 9.53 Å². The van der Waals surface area contributed by atoms with Crippen LogP contribution in [0.2, 0.25) is 0 Å². The SMILES string of the molecule is Cc1ccc(NC(=O)COC(=O)c2ccc(F)c(F)c2)cc1. The number of benzene rings is 2. The molecule has 0 radical (unpaired) electrons. The highest BCUT2D eigenvalue weighted by molar-refractivity contribution is 5.95. The largest absolute Gasteiger partial charge is 0.452 e. The van der Waals surface area contributed by atoms with Crippen LogP contribution in [0.25, 0.3) is 0 Å². The summed E-state index contributed by atoms with van der Waals surface area (Å²) >= 11 is 0. The third kappa shape index (κ3) is 4.12. The van der Waals surface area contributed by atoms with E-state index in [0.717, 1.165) is 23.8 Å². The van der Waals surface area contributed by atoms with Gasteiger partial charge in [-0.15, -0.1) is 0 Å². The highest BCUT2D eigenvalue weighted by atomic mass is 19.2. The lowest BCUT2D eigenvalue weighted by molar-refractivity contribution is -0.119. The first-order valence-electron chi connectivity index (χ1n) is 6.44. The van der Waals surface area contributed by atoms with Crippen molar-refractivity contribution in [2.24, 2.45) is 0 Å². The highest BCUT2D eigenvalue weighted by Gasteiger charge is 2.13. The third-order valence-electron chi connectivity index (χ3n) is 2.82. The fraction of sp³-hybridized carbons (Fsp3) is 0.125. The second-order valence-electron chi connectivity index (χ2n) is 4.62. The van der Waals surface area contributed by atoms with E-state index in [1.807, 2.05) is 19.1 Å². The minimum atomic E-state index is -1.15. The Morgan fingerprint density at radius 3 is 2.36 bits per heavy atom. The minimum Gasteiger partial charge on any atom is -0.452 e. The summed E-state index contributed by atoms with van der Waals surface area (Å²) in [6.07, 6.45) is 0. The van der Waals surface area contributed by atoms with E-state index in [9.17, 15) is 18.4 Å². The zero-order valence-electron chi connectivity index (χ0n) is 11.7. The van der Waals surface area contributed by atoms with Crippen molar-refractivity contribution in [1.82, 2.24) is 0 Å². The fourth-order valence-corrected chi connectivity index (χ4v) is 1.67. The number of hydrogen-bond acceptors (Lipinski definition) is 3. The molecule has 0 aliphatic rings. The van der Waals surface area contributed by atoms with Crippen molar-refractivity contribution in [2.75, 3.05) is 11.9 Å². The maximum atomic E-state index is 13.0. The lowest BCUT2D eigenvalue weighted by atomic mass is 10.2. The summed E-state index contributed by atoms with van der Waals surface area (Å²) < 4.78 is 30.5. The lowest BCUT2D eigenvalue weighted by Gasteiger charge is -2.07. The van der Waals surface area contributed by atoms with Crippen molar-refractivity contribution in [3.63, 3.8) is 0 Å². The van der Waals surface area contributed by atoms with Crippen molar-refractivity contribution >= 4 is 17.6 Å². The number of halogens is 2. The standard InChI is InChI=1S/C16H13F2NO3/c1-10-2-5-12(6-3-10)19-15(20)9-22-16(21)11-4-7-13(17)14(18)8-11/h2-8H,9H2,1H3,(H,19,20). The first-order valence-corrected chi connectivity index (χ1v) is 6.44. The number of aryl methyl sites for hydroxylation is 1. The molecule has 114 valence electrons. The molecular formula is C16H13F2NO3. The monoisotopic (exact) mass is 305 g/mol. The van der Waals surface area contributed by atoms with Crippen molar-refractivity contribution in [3.8, 4) is 0 Å². The second kappa shape index (κ2) is 6.80. The zero-order valence-corrected chi connectivity index (χ0v) is 11.7. The van der Waals surface area contributed by atoms with Crippen LogP contribution < -0.4 is 5.32 Å². The Morgan fingerprint density at radius 2 is 1.73 bits per heavy atom. The van der Waals surface area contributed by atoms with Crippen LogP contribution in [0.15, 0.2) is 42.5 Å². The van der Waals surface area contributed by atoms with E-state index in [1.165, 1.54) is 0 Å². The molecule has 2 aromatic carbocycles. The van der Waals surface area contributed by atoms with Gasteiger partial charge < -0.3 is 10.1 Å². The van der Waals surface area contributed by atoms with E-state index in [-0.39, 0.29) is 5.56 Å². The topological polar surface area (TPSA) is 55.4 Å². The quantitative estimate of drug-likeness (QED) is 0.883. The molecule has 6 heteroatoms. The molecule has 0 fully saturated rings. The highest BCUT2D eigenvalue weighted by Crippen LogP contribution is 2.11. The summed E-state index contributed by atoms with van der Waals surface area (Å²) in [5.41, 5.74) is 1.45. The van der Waals surface area contributed by atoms with Crippen LogP contribution in [0.4, 0.5) is 14.5 Å². The molecule has 0 saturated heterocycles. The number of carbonyl (C=O) groups excluding carboxylic acids is 2. The molecule has 4 nitrogen and oxygen atoms in total. The number of carbonyl (C=O) groups is 2. The van der Waals surface area contributed by atoms with Crippen LogP contribution in [0.1, 0.15) is 15.9 Å². The van der Waals surface area contributed by atoms with Crippen molar-refractivity contribution in [3.05, 3.63) is 65.2 Å². The third-order valence-corrected chi connectivity index (χ3v) is 2.82. The maximum Gasteiger partial charge on any atom is 0.338 e. The predicted octanol–water partition coefficient (Wildman–Crippen LogP) is 3.07. The smallest absolute Gasteiger partial charge is 0.338 e. The van der Waals surface area contributed by atoms with E-state index >= 15 is 0 Å². The molecule has 0 unspecified atom stereocenters. The Hall–Kier alpha value is -2.76. The van der Waals surface area contributed by atoms with Gasteiger partial charge in [-0.25, -0.2) is 13.6 Å². The average molecular weight is 305 g/mol. The van der Waals surface area contributed by atoms with Gasteiger partial charge in [0.1, 0.15) is 0 Å². The lowest BCUT2D eigenvalue weighted by Crippen LogP contribution is -2.21. The van der Waals surface area contributed by atoms with Crippen LogP contribution in [-0.4, -0.2) is 18.5 Å². The van der Waals surface area contributed by atoms with E-state index in [0.29, 0.717) is 5.69 Å². The number of amides is 1. The molecule has 1 amide bonds. The van der Waals surface area contributed by atoms with E-state index < -0.39 is 30.1 Å². The van der Waals surface area contributed by atoms with Gasteiger partial charge in [0.15, 0.2) is 18.2 Å². The van der Waals surface area contributed by atoms with Gasteiger partial charge in [-0.3, -0.25) is 4.79 Å². The molecule has 0 saturated carbocycles. The summed E-state index contributed by atoms with van der Waals surface area (Å²) in [6, 6.07) is 9.69. The normalized spacial score (nSPS) is 10.1. The zero-order chi connectivity index (χ0) is 16.1. The van der Waals surface area contributed by atoms with Gasteiger partial charge in [0.2, 0.25) is 0 Å². The Labute approximate surface area is 125 Å². The van der Waals surface area contributed by atoms with Crippen molar-refractivity contribution in [2.45, 2.75) is 6.92 Å². The molecule has 0 aromatic heterocycles. The van der Waals surface area contributed by atoms with Crippen molar-refractivity contribution < 1.29 is 23.1 Å². The molecule has 0 aliphatic heterocycles. The molecular weight excluding hydrogens is 292 g/mol. The van der Waals surface area contributed by atoms with E-state index in [2.05, 4.69) is 5.32 Å². The number of ether oxygens (including phenoxy) is 1. The molecule has 22 heavy (non-hydrogen) atoms. The van der Waals surface area contributed by atoms with Gasteiger partial charge in [0, 0.05) is 5.69 Å². The first kappa shape index (κ1) is 15.6. The summed E-state index contributed by atoms with van der Waals surface area (Å²) in [7, 11) is 0. The number of rotatable bonds is 4. The van der Waals surface area contributed by atoms with Crippen LogP contribution in [0.5, 0.6) is 0 Å². The number of esters is 1. The molecule has 1 N–H and O–H groups in total. The summed E-state index contributed by atoms with van der Waals surface area (Å²) in [5.74, 6) is -3.65. The van der Waals surface area contributed by atoms with Gasteiger partial charge in [0.25, 0.3) is 5.91 Å². The number of anilines is 1. The average Bonchev–Trinajstić information content (AvgIpc) is 2.50. The molecule has 0 heterocycles. The summed E-state index contributed by atoms with van der Waals surface area (Å²) in [5, 5.41) is 2.55. The van der Waals surface area contributed by atoms with E-state index in [1.54, 1.807) is 12.1 Å². The molecule has 2 rings (SSSR count). The Balaban J connectivity index is 1.88. The van der Waals surface area contributed by atoms with Gasteiger partial charge in [-0.2, -0.15) is 0 Å². The van der Waals surface area contributed by atoms with E-state index in [4.69, 9.17) is 4.74 Å². The molecule has 2 aromatic rings. The Bertz CT molecular complexity index is 699. The van der Waals surface area contributed by atoms with Gasteiger partial charge in [0.05, 0.1) is 5.56 Å². The number of nitrogens with one attached hydrogen (secondary N) is 1. The van der Waals surface area contributed by atoms with Gasteiger partial charge in [-0.1, -0.05) is 17.7 Å². The second-order valence-corrected chi connectivity index (χ2v) is 4.62. The summed E-state index contributed by atoms with van der Waals surface area (Å²) in [4.78, 5) is 23.3.